The molecule has 1 heterocycles. The summed E-state index contributed by atoms with van der Waals surface area (Å²) in [4.78, 5) is 7.07. The molecule has 134 valence electrons. The van der Waals surface area contributed by atoms with Crippen LogP contribution < -0.4 is 4.90 Å². The Morgan fingerprint density at radius 2 is 1.68 bits per heavy atom. The van der Waals surface area contributed by atoms with Crippen molar-refractivity contribution in [3.63, 3.8) is 0 Å². The molecule has 25 heavy (non-hydrogen) atoms. The Balaban J connectivity index is 1.61. The van der Waals surface area contributed by atoms with E-state index in [1.165, 1.54) is 16.9 Å². The first-order chi connectivity index (χ1) is 12.2. The van der Waals surface area contributed by atoms with Crippen molar-refractivity contribution in [3.8, 4) is 0 Å². The lowest BCUT2D eigenvalue weighted by atomic mass is 10.1. The van der Waals surface area contributed by atoms with Crippen LogP contribution in [0.5, 0.6) is 0 Å². The summed E-state index contributed by atoms with van der Waals surface area (Å²) in [6.45, 7) is 4.43. The summed E-state index contributed by atoms with van der Waals surface area (Å²) in [5.74, 6) is 0. The lowest BCUT2D eigenvalue weighted by molar-refractivity contribution is 0.0743. The monoisotopic (exact) mass is 339 g/mol. The average Bonchev–Trinajstić information content (AvgIpc) is 2.65. The molecule has 2 aromatic rings. The van der Waals surface area contributed by atoms with E-state index in [-0.39, 0.29) is 6.61 Å². The lowest BCUT2D eigenvalue weighted by Gasteiger charge is -2.39. The fraction of sp³-hybridized carbons (Fsp3) is 0.429. The van der Waals surface area contributed by atoms with Gasteiger partial charge in [0.15, 0.2) is 0 Å². The number of aliphatic hydroxyl groups excluding tert-OH is 1. The van der Waals surface area contributed by atoms with E-state index in [0.717, 1.165) is 32.6 Å². The molecule has 0 bridgehead atoms. The number of benzene rings is 2. The van der Waals surface area contributed by atoms with E-state index < -0.39 is 0 Å². The zero-order valence-electron chi connectivity index (χ0n) is 15.3. The second-order valence-electron chi connectivity index (χ2n) is 6.94. The van der Waals surface area contributed by atoms with Gasteiger partial charge in [0.05, 0.1) is 0 Å². The summed E-state index contributed by atoms with van der Waals surface area (Å²) >= 11 is 0. The molecule has 0 spiro atoms. The minimum absolute atomic E-state index is 0.267. The highest BCUT2D eigenvalue weighted by atomic mass is 16.3. The number of rotatable bonds is 6. The molecule has 4 nitrogen and oxygen atoms in total. The van der Waals surface area contributed by atoms with Crippen molar-refractivity contribution in [3.05, 3.63) is 60.2 Å². The molecule has 1 saturated heterocycles. The van der Waals surface area contributed by atoms with E-state index in [1.54, 1.807) is 0 Å². The maximum absolute atomic E-state index is 9.24. The molecule has 1 unspecified atom stereocenters. The number of para-hydroxylation sites is 1. The summed E-state index contributed by atoms with van der Waals surface area (Å²) < 4.78 is 0. The average molecular weight is 339 g/mol. The molecule has 0 saturated carbocycles. The molecular weight excluding hydrogens is 310 g/mol. The molecule has 1 N–H and O–H groups in total. The molecule has 2 aromatic carbocycles. The van der Waals surface area contributed by atoms with Crippen LogP contribution in [0.4, 0.5) is 11.4 Å². The van der Waals surface area contributed by atoms with Crippen LogP contribution in [0.2, 0.25) is 0 Å². The molecule has 3 rings (SSSR count). The van der Waals surface area contributed by atoms with Gasteiger partial charge in [-0.25, -0.2) is 0 Å². The van der Waals surface area contributed by atoms with Crippen LogP contribution in [0.25, 0.3) is 0 Å². The Morgan fingerprint density at radius 1 is 1.00 bits per heavy atom. The van der Waals surface area contributed by atoms with Crippen LogP contribution >= 0.6 is 0 Å². The highest BCUT2D eigenvalue weighted by molar-refractivity contribution is 5.62. The highest BCUT2D eigenvalue weighted by Gasteiger charge is 2.23. The zero-order valence-corrected chi connectivity index (χ0v) is 15.3. The standard InChI is InChI=1S/C21H29N3O/c1-22-13-14-24(17-21(22)12-15-25)16-18-8-10-20(11-9-18)23(2)19-6-4-3-5-7-19/h3-11,21,25H,12-17H2,1-2H3. The van der Waals surface area contributed by atoms with Crippen molar-refractivity contribution in [1.29, 1.82) is 0 Å². The molecule has 0 radical (unpaired) electrons. The minimum atomic E-state index is 0.267. The number of likely N-dealkylation sites (N-methyl/N-ethyl adjacent to an activating group) is 1. The van der Waals surface area contributed by atoms with E-state index >= 15 is 0 Å². The first-order valence-corrected chi connectivity index (χ1v) is 9.08. The molecule has 0 aliphatic carbocycles. The van der Waals surface area contributed by atoms with Gasteiger partial charge in [0.1, 0.15) is 0 Å². The first kappa shape index (κ1) is 17.9. The Bertz CT molecular complexity index is 644. The van der Waals surface area contributed by atoms with Crippen LogP contribution in [0.15, 0.2) is 54.6 Å². The summed E-state index contributed by atoms with van der Waals surface area (Å²) in [6.07, 6.45) is 0.855. The van der Waals surface area contributed by atoms with Crippen molar-refractivity contribution < 1.29 is 5.11 Å². The van der Waals surface area contributed by atoms with E-state index in [4.69, 9.17) is 0 Å². The third-order valence-electron chi connectivity index (χ3n) is 5.20. The summed E-state index contributed by atoms with van der Waals surface area (Å²) in [5, 5.41) is 9.24. The maximum Gasteiger partial charge on any atom is 0.0446 e. The van der Waals surface area contributed by atoms with Gasteiger partial charge in [0.2, 0.25) is 0 Å². The predicted molar refractivity (Wildman–Crippen MR) is 104 cm³/mol. The number of hydrogen-bond donors (Lipinski definition) is 1. The van der Waals surface area contributed by atoms with Crippen molar-refractivity contribution in [1.82, 2.24) is 9.80 Å². The van der Waals surface area contributed by atoms with Crippen molar-refractivity contribution >= 4 is 11.4 Å². The second kappa shape index (κ2) is 8.48. The van der Waals surface area contributed by atoms with E-state index in [2.05, 4.69) is 77.3 Å². The molecule has 1 fully saturated rings. The Kier molecular flexibility index (Phi) is 6.08. The van der Waals surface area contributed by atoms with Gasteiger partial charge in [-0.3, -0.25) is 4.90 Å². The van der Waals surface area contributed by atoms with Gasteiger partial charge in [-0.15, -0.1) is 0 Å². The van der Waals surface area contributed by atoms with E-state index in [1.807, 2.05) is 6.07 Å². The second-order valence-corrected chi connectivity index (χ2v) is 6.94. The highest BCUT2D eigenvalue weighted by Crippen LogP contribution is 2.24. The van der Waals surface area contributed by atoms with Gasteiger partial charge >= 0.3 is 0 Å². The Hall–Kier alpha value is -1.88. The Morgan fingerprint density at radius 3 is 2.36 bits per heavy atom. The van der Waals surface area contributed by atoms with E-state index in [9.17, 15) is 5.11 Å². The topological polar surface area (TPSA) is 30.0 Å². The number of aliphatic hydroxyl groups is 1. The first-order valence-electron chi connectivity index (χ1n) is 9.08. The van der Waals surface area contributed by atoms with Crippen LogP contribution in [0, 0.1) is 0 Å². The van der Waals surface area contributed by atoms with Gasteiger partial charge < -0.3 is 14.9 Å². The van der Waals surface area contributed by atoms with Crippen molar-refractivity contribution in [2.45, 2.75) is 19.0 Å². The van der Waals surface area contributed by atoms with E-state index in [0.29, 0.717) is 6.04 Å². The quantitative estimate of drug-likeness (QED) is 0.876. The third-order valence-corrected chi connectivity index (χ3v) is 5.20. The summed E-state index contributed by atoms with van der Waals surface area (Å²) in [5.41, 5.74) is 3.74. The third kappa shape index (κ3) is 4.60. The predicted octanol–water partition coefficient (Wildman–Crippen LogP) is 2.95. The van der Waals surface area contributed by atoms with Gasteiger partial charge in [0.25, 0.3) is 0 Å². The number of piperazine rings is 1. The van der Waals surface area contributed by atoms with Crippen LogP contribution in [-0.4, -0.2) is 61.3 Å². The van der Waals surface area contributed by atoms with Gasteiger partial charge in [-0.05, 0) is 43.3 Å². The molecular formula is C21H29N3O. The largest absolute Gasteiger partial charge is 0.396 e. The SMILES string of the molecule is CN(c1ccccc1)c1ccc(CN2CCN(C)C(CCO)C2)cc1. The maximum atomic E-state index is 9.24. The number of nitrogens with zero attached hydrogens (tertiary/aromatic N) is 3. The molecule has 0 amide bonds. The molecule has 0 aromatic heterocycles. The summed E-state index contributed by atoms with van der Waals surface area (Å²) in [6, 6.07) is 19.7. The minimum Gasteiger partial charge on any atom is -0.396 e. The van der Waals surface area contributed by atoms with Gasteiger partial charge in [-0.2, -0.15) is 0 Å². The summed E-state index contributed by atoms with van der Waals surface area (Å²) in [7, 11) is 4.26. The van der Waals surface area contributed by atoms with Crippen molar-refractivity contribution in [2.24, 2.45) is 0 Å². The van der Waals surface area contributed by atoms with Crippen LogP contribution in [-0.2, 0) is 6.54 Å². The Labute approximate surface area is 151 Å². The lowest BCUT2D eigenvalue weighted by Crippen LogP contribution is -2.51. The van der Waals surface area contributed by atoms with Gasteiger partial charge in [0, 0.05) is 57.3 Å². The van der Waals surface area contributed by atoms with Crippen molar-refractivity contribution in [2.75, 3.05) is 45.2 Å². The number of anilines is 2. The molecule has 1 aliphatic heterocycles. The molecule has 1 aliphatic rings. The van der Waals surface area contributed by atoms with Crippen LogP contribution in [0.3, 0.4) is 0 Å². The molecule has 4 heteroatoms. The fourth-order valence-electron chi connectivity index (χ4n) is 3.50. The normalized spacial score (nSPS) is 19.1. The smallest absolute Gasteiger partial charge is 0.0446 e. The fourth-order valence-corrected chi connectivity index (χ4v) is 3.50. The zero-order chi connectivity index (χ0) is 17.6. The van der Waals surface area contributed by atoms with Gasteiger partial charge in [-0.1, -0.05) is 30.3 Å². The number of hydrogen-bond acceptors (Lipinski definition) is 4. The van der Waals surface area contributed by atoms with Crippen LogP contribution in [0.1, 0.15) is 12.0 Å². The molecule has 1 atom stereocenters.